The minimum Gasteiger partial charge on any atom is -0.357 e. The number of aliphatic imine (C=N–C) groups is 1. The summed E-state index contributed by atoms with van der Waals surface area (Å²) < 4.78 is 0. The molecule has 2 N–H and O–H groups in total. The fourth-order valence-electron chi connectivity index (χ4n) is 3.93. The number of nitrogens with one attached hydrogen (secondary N) is 2. The van der Waals surface area contributed by atoms with Crippen molar-refractivity contribution in [2.75, 3.05) is 26.2 Å². The lowest BCUT2D eigenvalue weighted by Crippen LogP contribution is -2.45. The van der Waals surface area contributed by atoms with Crippen LogP contribution in [0.1, 0.15) is 51.0 Å². The standard InChI is InChI=1S/C20H32N4OS.HI/c1-2-21-20(22-11-8-16-10-13-26-15-16)23-18-9-12-24(14-18)19(25)17-6-4-3-5-7-17;/h10,13,15,17-18H,2-9,11-12,14H2,1H3,(H2,21,22,23);1H. The Kier molecular flexibility index (Phi) is 9.89. The number of nitrogens with zero attached hydrogens (tertiary/aromatic N) is 2. The molecule has 1 amide bonds. The lowest BCUT2D eigenvalue weighted by molar-refractivity contribution is -0.135. The summed E-state index contributed by atoms with van der Waals surface area (Å²) in [4.78, 5) is 19.5. The second-order valence-corrected chi connectivity index (χ2v) is 8.17. The Morgan fingerprint density at radius 1 is 1.30 bits per heavy atom. The highest BCUT2D eigenvalue weighted by molar-refractivity contribution is 14.0. The van der Waals surface area contributed by atoms with Gasteiger partial charge < -0.3 is 15.5 Å². The third-order valence-corrected chi connectivity index (χ3v) is 6.12. The lowest BCUT2D eigenvalue weighted by Gasteiger charge is -2.26. The summed E-state index contributed by atoms with van der Waals surface area (Å²) in [6.45, 7) is 5.40. The van der Waals surface area contributed by atoms with Gasteiger partial charge in [-0.3, -0.25) is 9.79 Å². The molecule has 1 atom stereocenters. The molecule has 1 aromatic rings. The molecule has 7 heteroatoms. The molecule has 2 fully saturated rings. The summed E-state index contributed by atoms with van der Waals surface area (Å²) >= 11 is 1.73. The van der Waals surface area contributed by atoms with Crippen LogP contribution in [0, 0.1) is 5.92 Å². The van der Waals surface area contributed by atoms with E-state index in [4.69, 9.17) is 4.99 Å². The van der Waals surface area contributed by atoms with Crippen LogP contribution in [0.25, 0.3) is 0 Å². The van der Waals surface area contributed by atoms with Gasteiger partial charge in [0.15, 0.2) is 5.96 Å². The van der Waals surface area contributed by atoms with Crippen LogP contribution in [-0.4, -0.2) is 49.0 Å². The molecule has 5 nitrogen and oxygen atoms in total. The maximum absolute atomic E-state index is 12.7. The monoisotopic (exact) mass is 504 g/mol. The first kappa shape index (κ1) is 22.5. The van der Waals surface area contributed by atoms with E-state index in [0.717, 1.165) is 57.8 Å². The third-order valence-electron chi connectivity index (χ3n) is 5.39. The highest BCUT2D eigenvalue weighted by Gasteiger charge is 2.31. The molecule has 2 aliphatic rings. The average molecular weight is 504 g/mol. The minimum atomic E-state index is 0. The molecule has 1 unspecified atom stereocenters. The quantitative estimate of drug-likeness (QED) is 0.354. The van der Waals surface area contributed by atoms with Gasteiger partial charge in [0.1, 0.15) is 0 Å². The Hall–Kier alpha value is -0.830. The molecule has 152 valence electrons. The Bertz CT molecular complexity index is 587. The van der Waals surface area contributed by atoms with Gasteiger partial charge in [-0.05, 0) is 55.0 Å². The molecule has 1 saturated carbocycles. The molecule has 1 aliphatic heterocycles. The molecule has 1 aliphatic carbocycles. The molecular weight excluding hydrogens is 471 g/mol. The first-order valence-electron chi connectivity index (χ1n) is 10.1. The number of hydrogen-bond acceptors (Lipinski definition) is 3. The average Bonchev–Trinajstić information content (AvgIpc) is 3.34. The van der Waals surface area contributed by atoms with Crippen molar-refractivity contribution >= 4 is 47.2 Å². The van der Waals surface area contributed by atoms with E-state index in [-0.39, 0.29) is 29.9 Å². The number of amides is 1. The van der Waals surface area contributed by atoms with E-state index in [1.165, 1.54) is 24.8 Å². The van der Waals surface area contributed by atoms with E-state index in [2.05, 4.69) is 39.3 Å². The number of rotatable bonds is 6. The van der Waals surface area contributed by atoms with E-state index in [0.29, 0.717) is 11.9 Å². The highest BCUT2D eigenvalue weighted by atomic mass is 127. The number of likely N-dealkylation sites (tertiary alicyclic amines) is 1. The lowest BCUT2D eigenvalue weighted by atomic mass is 9.88. The molecule has 1 aromatic heterocycles. The van der Waals surface area contributed by atoms with Crippen molar-refractivity contribution in [2.45, 2.75) is 57.9 Å². The third kappa shape index (κ3) is 6.93. The SMILES string of the molecule is CCNC(=NCCc1ccsc1)NC1CCN(C(=O)C2CCCCC2)C1.I. The number of hydrogen-bond donors (Lipinski definition) is 2. The molecule has 1 saturated heterocycles. The second kappa shape index (κ2) is 11.9. The van der Waals surface area contributed by atoms with Crippen LogP contribution >= 0.6 is 35.3 Å². The van der Waals surface area contributed by atoms with E-state index in [9.17, 15) is 4.79 Å². The van der Waals surface area contributed by atoms with Crippen molar-refractivity contribution in [2.24, 2.45) is 10.9 Å². The van der Waals surface area contributed by atoms with Gasteiger partial charge in [0.05, 0.1) is 0 Å². The van der Waals surface area contributed by atoms with Crippen LogP contribution in [0.3, 0.4) is 0 Å². The maximum atomic E-state index is 12.7. The largest absolute Gasteiger partial charge is 0.357 e. The van der Waals surface area contributed by atoms with Crippen LogP contribution in [0.5, 0.6) is 0 Å². The number of carbonyl (C=O) groups is 1. The van der Waals surface area contributed by atoms with Crippen molar-refractivity contribution in [3.8, 4) is 0 Å². The van der Waals surface area contributed by atoms with Crippen LogP contribution in [0.15, 0.2) is 21.8 Å². The van der Waals surface area contributed by atoms with Gasteiger partial charge in [-0.1, -0.05) is 19.3 Å². The zero-order valence-corrected chi connectivity index (χ0v) is 19.4. The molecule has 2 heterocycles. The smallest absolute Gasteiger partial charge is 0.225 e. The summed E-state index contributed by atoms with van der Waals surface area (Å²) in [6.07, 6.45) is 7.87. The van der Waals surface area contributed by atoms with E-state index in [1.807, 2.05) is 0 Å². The first-order valence-corrected chi connectivity index (χ1v) is 11.0. The Morgan fingerprint density at radius 2 is 2.11 bits per heavy atom. The Morgan fingerprint density at radius 3 is 2.81 bits per heavy atom. The molecule has 27 heavy (non-hydrogen) atoms. The zero-order chi connectivity index (χ0) is 18.2. The van der Waals surface area contributed by atoms with Gasteiger partial charge in [0, 0.05) is 38.1 Å². The molecule has 0 radical (unpaired) electrons. The van der Waals surface area contributed by atoms with Crippen molar-refractivity contribution in [3.63, 3.8) is 0 Å². The number of carbonyl (C=O) groups excluding carboxylic acids is 1. The second-order valence-electron chi connectivity index (χ2n) is 7.39. The van der Waals surface area contributed by atoms with Crippen molar-refractivity contribution in [1.82, 2.24) is 15.5 Å². The van der Waals surface area contributed by atoms with Crippen molar-refractivity contribution in [1.29, 1.82) is 0 Å². The Balaban J connectivity index is 0.00000261. The fraction of sp³-hybridized carbons (Fsp3) is 0.700. The van der Waals surface area contributed by atoms with E-state index < -0.39 is 0 Å². The topological polar surface area (TPSA) is 56.7 Å². The van der Waals surface area contributed by atoms with Gasteiger partial charge in [-0.15, -0.1) is 24.0 Å². The number of halogens is 1. The van der Waals surface area contributed by atoms with Crippen molar-refractivity contribution < 1.29 is 4.79 Å². The summed E-state index contributed by atoms with van der Waals surface area (Å²) in [5.74, 6) is 1.53. The summed E-state index contributed by atoms with van der Waals surface area (Å²) in [5, 5.41) is 11.2. The molecule has 0 spiro atoms. The predicted molar refractivity (Wildman–Crippen MR) is 124 cm³/mol. The van der Waals surface area contributed by atoms with Crippen molar-refractivity contribution in [3.05, 3.63) is 22.4 Å². The van der Waals surface area contributed by atoms with E-state index in [1.54, 1.807) is 11.3 Å². The fourth-order valence-corrected chi connectivity index (χ4v) is 4.63. The van der Waals surface area contributed by atoms with Gasteiger partial charge in [0.2, 0.25) is 5.91 Å². The van der Waals surface area contributed by atoms with Crippen LogP contribution in [-0.2, 0) is 11.2 Å². The van der Waals surface area contributed by atoms with Gasteiger partial charge in [-0.25, -0.2) is 0 Å². The molecule has 0 aromatic carbocycles. The summed E-state index contributed by atoms with van der Waals surface area (Å²) in [5.41, 5.74) is 1.35. The molecule has 3 rings (SSSR count). The number of guanidine groups is 1. The van der Waals surface area contributed by atoms with Crippen LogP contribution < -0.4 is 10.6 Å². The highest BCUT2D eigenvalue weighted by Crippen LogP contribution is 2.26. The first-order chi connectivity index (χ1) is 12.8. The van der Waals surface area contributed by atoms with Gasteiger partial charge in [-0.2, -0.15) is 11.3 Å². The molecular formula is C20H33IN4OS. The van der Waals surface area contributed by atoms with Crippen LogP contribution in [0.4, 0.5) is 0 Å². The predicted octanol–water partition coefficient (Wildman–Crippen LogP) is 3.64. The summed E-state index contributed by atoms with van der Waals surface area (Å²) in [7, 11) is 0. The maximum Gasteiger partial charge on any atom is 0.225 e. The normalized spacial score (nSPS) is 21.0. The summed E-state index contributed by atoms with van der Waals surface area (Å²) in [6, 6.07) is 2.47. The van der Waals surface area contributed by atoms with Crippen LogP contribution in [0.2, 0.25) is 0 Å². The number of thiophene rings is 1. The van der Waals surface area contributed by atoms with Gasteiger partial charge >= 0.3 is 0 Å². The Labute approximate surface area is 184 Å². The molecule has 0 bridgehead atoms. The zero-order valence-electron chi connectivity index (χ0n) is 16.3. The van der Waals surface area contributed by atoms with Gasteiger partial charge in [0.25, 0.3) is 0 Å². The minimum absolute atomic E-state index is 0. The van der Waals surface area contributed by atoms with E-state index >= 15 is 0 Å².